The minimum absolute atomic E-state index is 0.0115. The lowest BCUT2D eigenvalue weighted by molar-refractivity contribution is -0.122. The summed E-state index contributed by atoms with van der Waals surface area (Å²) in [6, 6.07) is 17.1. The molecular formula is C24H19ClN4O2. The second-order valence-electron chi connectivity index (χ2n) is 7.39. The van der Waals surface area contributed by atoms with Gasteiger partial charge in [0.1, 0.15) is 18.2 Å². The highest BCUT2D eigenvalue weighted by molar-refractivity contribution is 6.33. The van der Waals surface area contributed by atoms with E-state index in [1.165, 1.54) is 0 Å². The Kier molecular flexibility index (Phi) is 4.92. The van der Waals surface area contributed by atoms with Crippen molar-refractivity contribution in [3.8, 4) is 5.75 Å². The predicted octanol–water partition coefficient (Wildman–Crippen LogP) is 4.57. The van der Waals surface area contributed by atoms with Crippen LogP contribution in [-0.2, 0) is 11.4 Å². The maximum Gasteiger partial charge on any atom is 0.254 e. The molecule has 3 heterocycles. The van der Waals surface area contributed by atoms with Gasteiger partial charge in [0.05, 0.1) is 21.6 Å². The molecule has 0 bridgehead atoms. The van der Waals surface area contributed by atoms with Gasteiger partial charge in [0.15, 0.2) is 0 Å². The zero-order valence-electron chi connectivity index (χ0n) is 16.8. The topological polar surface area (TPSA) is 71.1 Å². The number of nitrogens with one attached hydrogen (secondary N) is 1. The second-order valence-corrected chi connectivity index (χ2v) is 7.79. The molecule has 0 atom stereocenters. The van der Waals surface area contributed by atoms with E-state index in [1.807, 2.05) is 54.6 Å². The predicted molar refractivity (Wildman–Crippen MR) is 121 cm³/mol. The van der Waals surface area contributed by atoms with E-state index >= 15 is 0 Å². The standard InChI is InChI=1S/C24H19ClN4O2/c1-29-13-17(23(24(29)30)15-8-10-26-11-9-15)16-6-7-21(18(25)12-16)31-14-22-27-19-4-2-3-5-20(19)28-22/h2-12H,13-14H2,1H3,(H,27,28). The van der Waals surface area contributed by atoms with Gasteiger partial charge in [-0.1, -0.05) is 29.8 Å². The minimum Gasteiger partial charge on any atom is -0.484 e. The molecule has 1 aliphatic rings. The summed E-state index contributed by atoms with van der Waals surface area (Å²) < 4.78 is 5.90. The third-order valence-corrected chi connectivity index (χ3v) is 5.61. The Hall–Kier alpha value is -3.64. The molecule has 5 rings (SSSR count). The highest BCUT2D eigenvalue weighted by Gasteiger charge is 2.29. The fraction of sp³-hybridized carbons (Fsp3) is 0.125. The summed E-state index contributed by atoms with van der Waals surface area (Å²) in [4.78, 5) is 26.3. The van der Waals surface area contributed by atoms with Crippen molar-refractivity contribution in [2.24, 2.45) is 0 Å². The fourth-order valence-corrected chi connectivity index (χ4v) is 4.02. The number of pyridine rings is 1. The van der Waals surface area contributed by atoms with E-state index < -0.39 is 0 Å². The molecule has 2 aromatic heterocycles. The minimum atomic E-state index is -0.0115. The maximum atomic E-state index is 12.8. The summed E-state index contributed by atoms with van der Waals surface area (Å²) in [5.41, 5.74) is 5.22. The number of amides is 1. The Morgan fingerprint density at radius 1 is 1.10 bits per heavy atom. The number of para-hydroxylation sites is 2. The first kappa shape index (κ1) is 19.3. The van der Waals surface area contributed by atoms with Crippen LogP contribution in [0.5, 0.6) is 5.75 Å². The molecule has 1 aliphatic heterocycles. The van der Waals surface area contributed by atoms with Crippen molar-refractivity contribution < 1.29 is 9.53 Å². The number of aromatic amines is 1. The van der Waals surface area contributed by atoms with E-state index in [9.17, 15) is 4.79 Å². The first-order valence-corrected chi connectivity index (χ1v) is 10.2. The van der Waals surface area contributed by atoms with Crippen molar-refractivity contribution >= 4 is 39.7 Å². The molecular weight excluding hydrogens is 412 g/mol. The molecule has 0 radical (unpaired) electrons. The Labute approximate surface area is 184 Å². The summed E-state index contributed by atoms with van der Waals surface area (Å²) in [6.07, 6.45) is 3.38. The number of fused-ring (bicyclic) bond motifs is 1. The van der Waals surface area contributed by atoms with Crippen molar-refractivity contribution in [3.05, 3.63) is 89.0 Å². The molecule has 1 N–H and O–H groups in total. The zero-order valence-corrected chi connectivity index (χ0v) is 17.6. The lowest BCUT2D eigenvalue weighted by atomic mass is 9.97. The van der Waals surface area contributed by atoms with Crippen LogP contribution in [0.3, 0.4) is 0 Å². The number of benzene rings is 2. The monoisotopic (exact) mass is 430 g/mol. The molecule has 0 fully saturated rings. The molecule has 4 aromatic rings. The first-order valence-electron chi connectivity index (χ1n) is 9.85. The van der Waals surface area contributed by atoms with Crippen LogP contribution < -0.4 is 4.74 Å². The molecule has 7 heteroatoms. The number of aromatic nitrogens is 3. The SMILES string of the molecule is CN1CC(c2ccc(OCc3nc4ccccc4[nH]3)c(Cl)c2)=C(c2ccncc2)C1=O. The van der Waals surface area contributed by atoms with Gasteiger partial charge in [0.25, 0.3) is 5.91 Å². The van der Waals surface area contributed by atoms with Gasteiger partial charge in [-0.25, -0.2) is 4.98 Å². The van der Waals surface area contributed by atoms with Crippen molar-refractivity contribution in [2.45, 2.75) is 6.61 Å². The maximum absolute atomic E-state index is 12.8. The van der Waals surface area contributed by atoms with E-state index in [0.717, 1.165) is 33.6 Å². The third-order valence-electron chi connectivity index (χ3n) is 5.31. The smallest absolute Gasteiger partial charge is 0.254 e. The normalized spacial score (nSPS) is 14.0. The summed E-state index contributed by atoms with van der Waals surface area (Å²) >= 11 is 6.53. The molecule has 31 heavy (non-hydrogen) atoms. The largest absolute Gasteiger partial charge is 0.484 e. The van der Waals surface area contributed by atoms with E-state index in [4.69, 9.17) is 16.3 Å². The average molecular weight is 431 g/mol. The quantitative estimate of drug-likeness (QED) is 0.503. The van der Waals surface area contributed by atoms with Crippen LogP contribution in [0.25, 0.3) is 22.2 Å². The number of hydrogen-bond acceptors (Lipinski definition) is 4. The number of halogens is 1. The fourth-order valence-electron chi connectivity index (χ4n) is 3.79. The lowest BCUT2D eigenvalue weighted by Crippen LogP contribution is -2.21. The molecule has 2 aromatic carbocycles. The number of imidazole rings is 1. The molecule has 154 valence electrons. The number of carbonyl (C=O) groups is 1. The van der Waals surface area contributed by atoms with Crippen LogP contribution in [0.2, 0.25) is 5.02 Å². The van der Waals surface area contributed by atoms with Crippen LogP contribution in [0.15, 0.2) is 67.0 Å². The Morgan fingerprint density at radius 3 is 2.68 bits per heavy atom. The molecule has 0 spiro atoms. The van der Waals surface area contributed by atoms with Crippen molar-refractivity contribution in [1.82, 2.24) is 19.9 Å². The van der Waals surface area contributed by atoms with Crippen LogP contribution in [-0.4, -0.2) is 39.4 Å². The summed E-state index contributed by atoms with van der Waals surface area (Å²) in [5.74, 6) is 1.28. The van der Waals surface area contributed by atoms with Crippen LogP contribution in [0.4, 0.5) is 0 Å². The van der Waals surface area contributed by atoms with Gasteiger partial charge in [-0.15, -0.1) is 0 Å². The Morgan fingerprint density at radius 2 is 1.90 bits per heavy atom. The summed E-state index contributed by atoms with van der Waals surface area (Å²) in [5, 5.41) is 0.484. The number of H-pyrrole nitrogens is 1. The van der Waals surface area contributed by atoms with Gasteiger partial charge in [0.2, 0.25) is 0 Å². The lowest BCUT2D eigenvalue weighted by Gasteiger charge is -2.11. The number of likely N-dealkylation sites (N-methyl/N-ethyl adjacent to an activating group) is 1. The number of hydrogen-bond donors (Lipinski definition) is 1. The Bertz CT molecular complexity index is 1280. The van der Waals surface area contributed by atoms with Gasteiger partial charge in [-0.05, 0) is 53.1 Å². The summed E-state index contributed by atoms with van der Waals surface area (Å²) in [7, 11) is 1.79. The van der Waals surface area contributed by atoms with Crippen molar-refractivity contribution in [2.75, 3.05) is 13.6 Å². The van der Waals surface area contributed by atoms with Crippen LogP contribution >= 0.6 is 11.6 Å². The number of rotatable bonds is 5. The Balaban J connectivity index is 1.42. The molecule has 0 aliphatic carbocycles. The molecule has 0 unspecified atom stereocenters. The van der Waals surface area contributed by atoms with Gasteiger partial charge in [0, 0.05) is 26.0 Å². The summed E-state index contributed by atoms with van der Waals surface area (Å²) in [6.45, 7) is 0.798. The van der Waals surface area contributed by atoms with Crippen LogP contribution in [0.1, 0.15) is 17.0 Å². The number of carbonyl (C=O) groups excluding carboxylic acids is 1. The molecule has 6 nitrogen and oxygen atoms in total. The van der Waals surface area contributed by atoms with Crippen molar-refractivity contribution in [3.63, 3.8) is 0 Å². The van der Waals surface area contributed by atoms with Gasteiger partial charge < -0.3 is 14.6 Å². The second kappa shape index (κ2) is 7.89. The van der Waals surface area contributed by atoms with E-state index in [1.54, 1.807) is 24.3 Å². The van der Waals surface area contributed by atoms with Crippen molar-refractivity contribution in [1.29, 1.82) is 0 Å². The highest BCUT2D eigenvalue weighted by atomic mass is 35.5. The highest BCUT2D eigenvalue weighted by Crippen LogP contribution is 2.36. The molecule has 0 saturated heterocycles. The van der Waals surface area contributed by atoms with E-state index in [2.05, 4.69) is 15.0 Å². The zero-order chi connectivity index (χ0) is 21.4. The average Bonchev–Trinajstić information content (AvgIpc) is 3.34. The first-order chi connectivity index (χ1) is 15.1. The van der Waals surface area contributed by atoms with E-state index in [0.29, 0.717) is 22.9 Å². The van der Waals surface area contributed by atoms with E-state index in [-0.39, 0.29) is 12.5 Å². The molecule has 1 amide bonds. The van der Waals surface area contributed by atoms with Gasteiger partial charge in [-0.3, -0.25) is 9.78 Å². The number of nitrogens with zero attached hydrogens (tertiary/aromatic N) is 3. The number of ether oxygens (including phenoxy) is 1. The van der Waals surface area contributed by atoms with Gasteiger partial charge in [-0.2, -0.15) is 0 Å². The van der Waals surface area contributed by atoms with Gasteiger partial charge >= 0.3 is 0 Å². The molecule has 0 saturated carbocycles. The van der Waals surface area contributed by atoms with Crippen LogP contribution in [0, 0.1) is 0 Å². The third kappa shape index (κ3) is 3.66.